The summed E-state index contributed by atoms with van der Waals surface area (Å²) >= 11 is 1.09. The molecule has 10 heteroatoms. The number of nitrogens with one attached hydrogen (secondary N) is 1. The Kier molecular flexibility index (Phi) is 6.63. The maximum Gasteiger partial charge on any atom is 0.387 e. The van der Waals surface area contributed by atoms with Gasteiger partial charge < -0.3 is 10.1 Å². The van der Waals surface area contributed by atoms with Crippen molar-refractivity contribution in [2.45, 2.75) is 36.6 Å². The number of amides is 1. The van der Waals surface area contributed by atoms with E-state index < -0.39 is 22.5 Å². The zero-order valence-corrected chi connectivity index (χ0v) is 16.6. The zero-order chi connectivity index (χ0) is 20.1. The Morgan fingerprint density at radius 3 is 2.57 bits per heavy atom. The summed E-state index contributed by atoms with van der Waals surface area (Å²) in [6, 6.07) is 8.88. The van der Waals surface area contributed by atoms with Gasteiger partial charge in [-0.2, -0.15) is 13.1 Å². The van der Waals surface area contributed by atoms with Crippen molar-refractivity contribution in [2.24, 2.45) is 0 Å². The Morgan fingerprint density at radius 1 is 1.14 bits per heavy atom. The van der Waals surface area contributed by atoms with E-state index in [1.807, 2.05) is 0 Å². The monoisotopic (exact) mass is 430 g/mol. The fourth-order valence-electron chi connectivity index (χ4n) is 2.94. The summed E-state index contributed by atoms with van der Waals surface area (Å²) in [6.45, 7) is -1.91. The molecule has 1 amide bonds. The number of thiophene rings is 1. The van der Waals surface area contributed by atoms with Crippen LogP contribution in [0.25, 0.3) is 0 Å². The minimum Gasteiger partial charge on any atom is -0.434 e. The lowest BCUT2D eigenvalue weighted by atomic mass is 10.2. The molecule has 1 aliphatic rings. The van der Waals surface area contributed by atoms with E-state index in [9.17, 15) is 22.0 Å². The van der Waals surface area contributed by atoms with E-state index in [0.717, 1.165) is 30.6 Å². The predicted octanol–water partition coefficient (Wildman–Crippen LogP) is 3.45. The van der Waals surface area contributed by atoms with E-state index >= 15 is 0 Å². The number of benzene rings is 1. The molecule has 152 valence electrons. The maximum atomic E-state index is 12.7. The molecular formula is C18H20F2N2O4S2. The molecule has 0 radical (unpaired) electrons. The Labute approximate surface area is 166 Å². The van der Waals surface area contributed by atoms with Gasteiger partial charge in [0.1, 0.15) is 9.96 Å². The number of hydrogen-bond donors (Lipinski definition) is 1. The number of nitrogens with zero attached hydrogens (tertiary/aromatic N) is 1. The zero-order valence-electron chi connectivity index (χ0n) is 14.9. The molecule has 6 nitrogen and oxygen atoms in total. The Balaban J connectivity index is 1.65. The molecule has 3 rings (SSSR count). The first kappa shape index (κ1) is 20.7. The van der Waals surface area contributed by atoms with Gasteiger partial charge in [-0.25, -0.2) is 8.42 Å². The predicted molar refractivity (Wildman–Crippen MR) is 101 cm³/mol. The average molecular weight is 430 g/mol. The van der Waals surface area contributed by atoms with Gasteiger partial charge in [0.05, 0.1) is 12.1 Å². The van der Waals surface area contributed by atoms with Crippen molar-refractivity contribution in [2.75, 3.05) is 13.1 Å². The molecule has 1 fully saturated rings. The minimum atomic E-state index is -3.52. The highest BCUT2D eigenvalue weighted by atomic mass is 32.2. The first-order chi connectivity index (χ1) is 13.4. The van der Waals surface area contributed by atoms with Gasteiger partial charge >= 0.3 is 6.61 Å². The van der Waals surface area contributed by atoms with Crippen molar-refractivity contribution in [3.8, 4) is 5.75 Å². The first-order valence-corrected chi connectivity index (χ1v) is 11.0. The molecule has 0 unspecified atom stereocenters. The van der Waals surface area contributed by atoms with Crippen LogP contribution in [0.1, 0.15) is 34.5 Å². The van der Waals surface area contributed by atoms with Gasteiger partial charge in [-0.05, 0) is 37.1 Å². The fraction of sp³-hybridized carbons (Fsp3) is 0.389. The van der Waals surface area contributed by atoms with E-state index in [2.05, 4.69) is 10.1 Å². The van der Waals surface area contributed by atoms with Crippen LogP contribution in [0.4, 0.5) is 8.78 Å². The van der Waals surface area contributed by atoms with Crippen molar-refractivity contribution in [1.82, 2.24) is 9.62 Å². The Bertz CT molecular complexity index is 925. The molecule has 1 aromatic carbocycles. The maximum absolute atomic E-state index is 12.7. The summed E-state index contributed by atoms with van der Waals surface area (Å²) in [6.07, 6.45) is 2.74. The van der Waals surface area contributed by atoms with E-state index in [-0.39, 0.29) is 22.1 Å². The van der Waals surface area contributed by atoms with Crippen LogP contribution >= 0.6 is 11.3 Å². The quantitative estimate of drug-likeness (QED) is 0.730. The van der Waals surface area contributed by atoms with Gasteiger partial charge in [-0.1, -0.05) is 18.6 Å². The third-order valence-corrected chi connectivity index (χ3v) is 7.77. The van der Waals surface area contributed by atoms with Gasteiger partial charge in [0.15, 0.2) is 0 Å². The lowest BCUT2D eigenvalue weighted by molar-refractivity contribution is -0.0501. The molecule has 28 heavy (non-hydrogen) atoms. The van der Waals surface area contributed by atoms with Crippen LogP contribution in [-0.2, 0) is 16.6 Å². The summed E-state index contributed by atoms with van der Waals surface area (Å²) in [4.78, 5) is 13.0. The Morgan fingerprint density at radius 2 is 1.86 bits per heavy atom. The molecule has 0 saturated carbocycles. The average Bonchev–Trinajstić information content (AvgIpc) is 3.17. The third-order valence-electron chi connectivity index (χ3n) is 4.32. The van der Waals surface area contributed by atoms with Gasteiger partial charge in [0.25, 0.3) is 15.9 Å². The highest BCUT2D eigenvalue weighted by molar-refractivity contribution is 7.91. The molecule has 1 aliphatic heterocycles. The smallest absolute Gasteiger partial charge is 0.387 e. The summed E-state index contributed by atoms with van der Waals surface area (Å²) in [5.74, 6) is -0.792. The number of piperidine rings is 1. The molecule has 0 aliphatic carbocycles. The number of carbonyl (C=O) groups is 1. The highest BCUT2D eigenvalue weighted by Crippen LogP contribution is 2.27. The first-order valence-electron chi connectivity index (χ1n) is 8.79. The highest BCUT2D eigenvalue weighted by Gasteiger charge is 2.27. The molecule has 0 atom stereocenters. The number of halogens is 2. The lowest BCUT2D eigenvalue weighted by Crippen LogP contribution is -2.35. The second-order valence-corrected chi connectivity index (χ2v) is 9.58. The SMILES string of the molecule is O=C(NCc1ccc(S(=O)(=O)N2CCCCC2)s1)c1ccccc1OC(F)F. The van der Waals surface area contributed by atoms with Gasteiger partial charge in [-0.3, -0.25) is 4.79 Å². The van der Waals surface area contributed by atoms with Crippen molar-refractivity contribution in [3.63, 3.8) is 0 Å². The number of hydrogen-bond acceptors (Lipinski definition) is 5. The lowest BCUT2D eigenvalue weighted by Gasteiger charge is -2.25. The van der Waals surface area contributed by atoms with Crippen LogP contribution in [0.3, 0.4) is 0 Å². The Hall–Kier alpha value is -2.04. The summed E-state index contributed by atoms with van der Waals surface area (Å²) in [5.41, 5.74) is -0.0134. The van der Waals surface area contributed by atoms with E-state index in [1.54, 1.807) is 12.1 Å². The van der Waals surface area contributed by atoms with Crippen LogP contribution < -0.4 is 10.1 Å². The van der Waals surface area contributed by atoms with Crippen molar-refractivity contribution >= 4 is 27.3 Å². The second-order valence-electron chi connectivity index (χ2n) is 6.24. The van der Waals surface area contributed by atoms with Crippen molar-refractivity contribution in [1.29, 1.82) is 0 Å². The van der Waals surface area contributed by atoms with Crippen LogP contribution in [0.2, 0.25) is 0 Å². The second kappa shape index (κ2) is 8.97. The van der Waals surface area contributed by atoms with Crippen LogP contribution in [0.5, 0.6) is 5.75 Å². The minimum absolute atomic E-state index is 0.0134. The molecule has 2 heterocycles. The number of carbonyl (C=O) groups excluding carboxylic acids is 1. The van der Waals surface area contributed by atoms with E-state index in [0.29, 0.717) is 18.0 Å². The molecule has 0 bridgehead atoms. The molecule has 2 aromatic rings. The van der Waals surface area contributed by atoms with Crippen molar-refractivity contribution < 1.29 is 26.7 Å². The van der Waals surface area contributed by atoms with Crippen LogP contribution in [-0.4, -0.2) is 38.3 Å². The summed E-state index contributed by atoms with van der Waals surface area (Å²) in [7, 11) is -3.52. The largest absolute Gasteiger partial charge is 0.434 e. The number of rotatable bonds is 7. The number of alkyl halides is 2. The molecule has 0 spiro atoms. The van der Waals surface area contributed by atoms with E-state index in [1.165, 1.54) is 28.6 Å². The van der Waals surface area contributed by atoms with Crippen LogP contribution in [0.15, 0.2) is 40.6 Å². The fourth-order valence-corrected chi connectivity index (χ4v) is 5.91. The van der Waals surface area contributed by atoms with Gasteiger partial charge in [-0.15, -0.1) is 11.3 Å². The standard InChI is InChI=1S/C18H20F2N2O4S2/c19-18(20)26-15-7-3-2-6-14(15)17(23)21-12-13-8-9-16(27-13)28(24,25)22-10-4-1-5-11-22/h2-3,6-9,18H,1,4-5,10-12H2,(H,21,23). The van der Waals surface area contributed by atoms with Crippen molar-refractivity contribution in [3.05, 3.63) is 46.8 Å². The number of sulfonamides is 1. The molecule has 1 N–H and O–H groups in total. The molecular weight excluding hydrogens is 410 g/mol. The molecule has 1 aromatic heterocycles. The topological polar surface area (TPSA) is 75.7 Å². The van der Waals surface area contributed by atoms with Crippen LogP contribution in [0, 0.1) is 0 Å². The number of ether oxygens (including phenoxy) is 1. The molecule has 1 saturated heterocycles. The number of para-hydroxylation sites is 1. The summed E-state index contributed by atoms with van der Waals surface area (Å²) in [5, 5.41) is 2.61. The third kappa shape index (κ3) is 4.86. The summed E-state index contributed by atoms with van der Waals surface area (Å²) < 4.78 is 56.4. The van der Waals surface area contributed by atoms with E-state index in [4.69, 9.17) is 0 Å². The van der Waals surface area contributed by atoms with Gasteiger partial charge in [0.2, 0.25) is 0 Å². The van der Waals surface area contributed by atoms with Gasteiger partial charge in [0, 0.05) is 18.0 Å². The normalized spacial score (nSPS) is 15.5.